The summed E-state index contributed by atoms with van der Waals surface area (Å²) < 4.78 is 36.5. The molecule has 1 aromatic carbocycles. The molecule has 0 bridgehead atoms. The van der Waals surface area contributed by atoms with Crippen molar-refractivity contribution in [2.75, 3.05) is 0 Å². The SMILES string of the molecule is Cl.N[C@H](c1ccc(SC(F)(F)F)cc1)c1cccs1. The van der Waals surface area contributed by atoms with Crippen molar-refractivity contribution in [3.8, 4) is 0 Å². The van der Waals surface area contributed by atoms with E-state index in [1.807, 2.05) is 17.5 Å². The Balaban J connectivity index is 0.00000180. The molecule has 0 spiro atoms. The van der Waals surface area contributed by atoms with Gasteiger partial charge in [0.1, 0.15) is 0 Å². The van der Waals surface area contributed by atoms with Crippen LogP contribution in [0.2, 0.25) is 0 Å². The Bertz CT molecular complexity index is 497. The van der Waals surface area contributed by atoms with E-state index in [-0.39, 0.29) is 35.1 Å². The zero-order valence-electron chi connectivity index (χ0n) is 9.55. The number of halogens is 4. The van der Waals surface area contributed by atoms with Crippen LogP contribution >= 0.6 is 35.5 Å². The van der Waals surface area contributed by atoms with E-state index in [1.54, 1.807) is 12.1 Å². The maximum Gasteiger partial charge on any atom is 0.446 e. The highest BCUT2D eigenvalue weighted by atomic mass is 35.5. The van der Waals surface area contributed by atoms with Gasteiger partial charge in [-0.1, -0.05) is 18.2 Å². The molecule has 1 nitrogen and oxygen atoms in total. The van der Waals surface area contributed by atoms with Crippen molar-refractivity contribution < 1.29 is 13.2 Å². The van der Waals surface area contributed by atoms with Gasteiger partial charge >= 0.3 is 5.51 Å². The van der Waals surface area contributed by atoms with Crippen LogP contribution < -0.4 is 5.73 Å². The van der Waals surface area contributed by atoms with Crippen LogP contribution in [0.4, 0.5) is 13.2 Å². The first-order valence-electron chi connectivity index (χ1n) is 5.10. The zero-order chi connectivity index (χ0) is 13.2. The lowest BCUT2D eigenvalue weighted by molar-refractivity contribution is -0.0328. The number of hydrogen-bond acceptors (Lipinski definition) is 3. The van der Waals surface area contributed by atoms with E-state index in [2.05, 4.69) is 0 Å². The number of thiophene rings is 1. The molecule has 1 heterocycles. The molecule has 0 aliphatic rings. The van der Waals surface area contributed by atoms with Crippen molar-refractivity contribution in [3.05, 3.63) is 52.2 Å². The van der Waals surface area contributed by atoms with E-state index in [1.165, 1.54) is 23.5 Å². The van der Waals surface area contributed by atoms with Crippen molar-refractivity contribution in [3.63, 3.8) is 0 Å². The molecular weight excluding hydrogens is 315 g/mol. The largest absolute Gasteiger partial charge is 0.446 e. The Labute approximate surface area is 123 Å². The summed E-state index contributed by atoms with van der Waals surface area (Å²) in [6, 6.07) is 9.69. The molecule has 0 saturated heterocycles. The third kappa shape index (κ3) is 4.72. The van der Waals surface area contributed by atoms with Crippen molar-refractivity contribution in [1.29, 1.82) is 0 Å². The summed E-state index contributed by atoms with van der Waals surface area (Å²) in [6.07, 6.45) is 0. The Morgan fingerprint density at radius 1 is 1.11 bits per heavy atom. The second-order valence-corrected chi connectivity index (χ2v) is 5.73. The molecule has 19 heavy (non-hydrogen) atoms. The van der Waals surface area contributed by atoms with Crippen LogP contribution in [0.1, 0.15) is 16.5 Å². The highest BCUT2D eigenvalue weighted by molar-refractivity contribution is 8.00. The number of nitrogens with two attached hydrogens (primary N) is 1. The average Bonchev–Trinajstić information content (AvgIpc) is 2.80. The van der Waals surface area contributed by atoms with Crippen LogP contribution in [0.25, 0.3) is 0 Å². The molecule has 0 fully saturated rings. The molecule has 2 rings (SSSR count). The van der Waals surface area contributed by atoms with Gasteiger partial charge in [-0.2, -0.15) is 13.2 Å². The monoisotopic (exact) mass is 325 g/mol. The summed E-state index contributed by atoms with van der Waals surface area (Å²) in [5, 5.41) is 1.92. The maximum absolute atomic E-state index is 12.2. The van der Waals surface area contributed by atoms with E-state index in [0.29, 0.717) is 0 Å². The Hall–Kier alpha value is -0.690. The fourth-order valence-corrected chi connectivity index (χ4v) is 2.80. The molecule has 2 N–H and O–H groups in total. The van der Waals surface area contributed by atoms with Gasteiger partial charge in [-0.3, -0.25) is 0 Å². The van der Waals surface area contributed by atoms with E-state index in [9.17, 15) is 13.2 Å². The lowest BCUT2D eigenvalue weighted by Gasteiger charge is -2.11. The standard InChI is InChI=1S/C12H10F3NS2.ClH/c13-12(14,15)18-9-5-3-8(4-6-9)11(16)10-2-1-7-17-10;/h1-7,11H,16H2;1H/t11-;/m1./s1. The summed E-state index contributed by atoms with van der Waals surface area (Å²) in [6.45, 7) is 0. The minimum Gasteiger partial charge on any atom is -0.320 e. The molecule has 1 atom stereocenters. The highest BCUT2D eigenvalue weighted by Gasteiger charge is 2.29. The van der Waals surface area contributed by atoms with Gasteiger partial charge in [-0.05, 0) is 40.9 Å². The first-order chi connectivity index (χ1) is 8.46. The number of thioether (sulfide) groups is 1. The third-order valence-corrected chi connectivity index (χ3v) is 4.02. The van der Waals surface area contributed by atoms with Gasteiger partial charge in [-0.15, -0.1) is 23.7 Å². The Morgan fingerprint density at radius 3 is 2.21 bits per heavy atom. The molecule has 0 saturated carbocycles. The second kappa shape index (κ2) is 6.65. The normalized spacial score (nSPS) is 12.8. The summed E-state index contributed by atoms with van der Waals surface area (Å²) in [5.74, 6) is 0. The predicted octanol–water partition coefficient (Wildman–Crippen LogP) is 4.83. The predicted molar refractivity (Wildman–Crippen MR) is 76.0 cm³/mol. The van der Waals surface area contributed by atoms with Gasteiger partial charge in [0, 0.05) is 9.77 Å². The Morgan fingerprint density at radius 2 is 1.74 bits per heavy atom. The van der Waals surface area contributed by atoms with Crippen molar-refractivity contribution >= 4 is 35.5 Å². The second-order valence-electron chi connectivity index (χ2n) is 3.61. The van der Waals surface area contributed by atoms with E-state index in [0.717, 1.165) is 10.4 Å². The van der Waals surface area contributed by atoms with Crippen molar-refractivity contribution in [2.45, 2.75) is 16.4 Å². The first kappa shape index (κ1) is 16.4. The van der Waals surface area contributed by atoms with Gasteiger partial charge in [0.15, 0.2) is 0 Å². The molecule has 2 aromatic rings. The topological polar surface area (TPSA) is 26.0 Å². The smallest absolute Gasteiger partial charge is 0.320 e. The van der Waals surface area contributed by atoms with E-state index < -0.39 is 5.51 Å². The minimum absolute atomic E-state index is 0. The van der Waals surface area contributed by atoms with Crippen molar-refractivity contribution in [1.82, 2.24) is 0 Å². The van der Waals surface area contributed by atoms with Gasteiger partial charge < -0.3 is 5.73 Å². The number of alkyl halides is 3. The average molecular weight is 326 g/mol. The molecule has 0 radical (unpaired) electrons. The summed E-state index contributed by atoms with van der Waals surface area (Å²) in [5.41, 5.74) is 2.58. The number of hydrogen-bond donors (Lipinski definition) is 1. The molecule has 0 unspecified atom stereocenters. The zero-order valence-corrected chi connectivity index (χ0v) is 12.0. The molecule has 0 aliphatic carbocycles. The van der Waals surface area contributed by atoms with Gasteiger partial charge in [0.2, 0.25) is 0 Å². The Kier molecular flexibility index (Phi) is 5.73. The van der Waals surface area contributed by atoms with Crippen LogP contribution in [-0.4, -0.2) is 5.51 Å². The first-order valence-corrected chi connectivity index (χ1v) is 6.80. The lowest BCUT2D eigenvalue weighted by Crippen LogP contribution is -2.09. The summed E-state index contributed by atoms with van der Waals surface area (Å²) >= 11 is 1.41. The van der Waals surface area contributed by atoms with E-state index >= 15 is 0 Å². The van der Waals surface area contributed by atoms with Crippen LogP contribution in [0.3, 0.4) is 0 Å². The highest BCUT2D eigenvalue weighted by Crippen LogP contribution is 2.37. The molecule has 1 aromatic heterocycles. The summed E-state index contributed by atoms with van der Waals surface area (Å²) in [4.78, 5) is 1.16. The van der Waals surface area contributed by atoms with Gasteiger partial charge in [-0.25, -0.2) is 0 Å². The van der Waals surface area contributed by atoms with E-state index in [4.69, 9.17) is 5.73 Å². The molecule has 0 aliphatic heterocycles. The third-order valence-electron chi connectivity index (χ3n) is 2.32. The molecule has 0 amide bonds. The summed E-state index contributed by atoms with van der Waals surface area (Å²) in [7, 11) is 0. The van der Waals surface area contributed by atoms with Crippen molar-refractivity contribution in [2.24, 2.45) is 5.73 Å². The maximum atomic E-state index is 12.2. The number of benzene rings is 1. The van der Waals surface area contributed by atoms with Crippen LogP contribution in [0.15, 0.2) is 46.7 Å². The molecular formula is C12H11ClF3NS2. The minimum atomic E-state index is -4.25. The van der Waals surface area contributed by atoms with Gasteiger partial charge in [0.05, 0.1) is 6.04 Å². The number of rotatable bonds is 3. The molecule has 104 valence electrons. The fourth-order valence-electron chi connectivity index (χ4n) is 1.51. The fraction of sp³-hybridized carbons (Fsp3) is 0.167. The van der Waals surface area contributed by atoms with Crippen LogP contribution in [0.5, 0.6) is 0 Å². The van der Waals surface area contributed by atoms with Crippen LogP contribution in [-0.2, 0) is 0 Å². The molecule has 7 heteroatoms. The quantitative estimate of drug-likeness (QED) is 0.818. The van der Waals surface area contributed by atoms with Gasteiger partial charge in [0.25, 0.3) is 0 Å². The lowest BCUT2D eigenvalue weighted by atomic mass is 10.1. The van der Waals surface area contributed by atoms with Crippen LogP contribution in [0, 0.1) is 0 Å².